The Kier molecular flexibility index (Phi) is 8.68. The van der Waals surface area contributed by atoms with Gasteiger partial charge in [0, 0.05) is 36.9 Å². The van der Waals surface area contributed by atoms with E-state index < -0.39 is 0 Å². The van der Waals surface area contributed by atoms with Gasteiger partial charge in [-0.15, -0.1) is 11.3 Å². The molecule has 2 heterocycles. The van der Waals surface area contributed by atoms with Gasteiger partial charge in [0.25, 0.3) is 0 Å². The van der Waals surface area contributed by atoms with Crippen LogP contribution in [-0.4, -0.2) is 15.0 Å². The molecule has 0 spiro atoms. The van der Waals surface area contributed by atoms with Gasteiger partial charge >= 0.3 is 0 Å². The SMILES string of the molecule is c1ccc(-c2ccc(-c3nc(-c4cccc5cc(-c6ccccc6)ccc45)nc(-c4cccc5sc6c(-c7ccc(-c8ccccc8)cc7)cccc6c45)n3)cc2)cc1. The van der Waals surface area contributed by atoms with Crippen molar-refractivity contribution in [2.24, 2.45) is 0 Å². The predicted octanol–water partition coefficient (Wildman–Crippen LogP) is 15.1. The molecule has 0 bridgehead atoms. The first kappa shape index (κ1) is 34.7. The van der Waals surface area contributed by atoms with Crippen molar-refractivity contribution in [3.63, 3.8) is 0 Å². The van der Waals surface area contributed by atoms with Crippen LogP contribution in [0, 0.1) is 0 Å². The first-order valence-electron chi connectivity index (χ1n) is 19.8. The zero-order chi connectivity index (χ0) is 39.1. The molecule has 3 nitrogen and oxygen atoms in total. The molecule has 0 atom stereocenters. The number of aromatic nitrogens is 3. The van der Waals surface area contributed by atoms with Crippen molar-refractivity contribution in [1.82, 2.24) is 15.0 Å². The number of hydrogen-bond acceptors (Lipinski definition) is 4. The Labute approximate surface area is 346 Å². The molecule has 0 aliphatic heterocycles. The van der Waals surface area contributed by atoms with Gasteiger partial charge in [-0.1, -0.05) is 200 Å². The van der Waals surface area contributed by atoms with Crippen LogP contribution in [0.1, 0.15) is 0 Å². The van der Waals surface area contributed by atoms with E-state index in [1.54, 1.807) is 0 Å². The fraction of sp³-hybridized carbons (Fsp3) is 0. The summed E-state index contributed by atoms with van der Waals surface area (Å²) in [5.41, 5.74) is 12.4. The quantitative estimate of drug-likeness (QED) is 0.162. The minimum absolute atomic E-state index is 0.637. The lowest BCUT2D eigenvalue weighted by Crippen LogP contribution is -2.01. The summed E-state index contributed by atoms with van der Waals surface area (Å²) >= 11 is 1.82. The maximum Gasteiger partial charge on any atom is 0.164 e. The molecule has 59 heavy (non-hydrogen) atoms. The Morgan fingerprint density at radius 3 is 1.42 bits per heavy atom. The molecule has 0 fully saturated rings. The third-order valence-electron chi connectivity index (χ3n) is 11.2. The van der Waals surface area contributed by atoms with E-state index in [4.69, 9.17) is 15.0 Å². The maximum absolute atomic E-state index is 5.33. The highest BCUT2D eigenvalue weighted by atomic mass is 32.1. The van der Waals surface area contributed by atoms with Crippen LogP contribution in [0.5, 0.6) is 0 Å². The Morgan fingerprint density at radius 1 is 0.288 bits per heavy atom. The maximum atomic E-state index is 5.33. The summed E-state index contributed by atoms with van der Waals surface area (Å²) < 4.78 is 2.44. The second kappa shape index (κ2) is 14.8. The average Bonchev–Trinajstić information content (AvgIpc) is 3.71. The van der Waals surface area contributed by atoms with Crippen molar-refractivity contribution in [3.8, 4) is 78.7 Å². The van der Waals surface area contributed by atoms with Gasteiger partial charge in [0.1, 0.15) is 0 Å². The van der Waals surface area contributed by atoms with Crippen LogP contribution in [0.4, 0.5) is 0 Å². The van der Waals surface area contributed by atoms with E-state index in [1.807, 2.05) is 17.4 Å². The molecular weight excluding hydrogens is 735 g/mol. The zero-order valence-electron chi connectivity index (χ0n) is 32.0. The number of rotatable bonds is 7. The normalized spacial score (nSPS) is 11.4. The highest BCUT2D eigenvalue weighted by Gasteiger charge is 2.19. The number of nitrogens with zero attached hydrogens (tertiary/aromatic N) is 3. The minimum atomic E-state index is 0.637. The average molecular weight is 770 g/mol. The van der Waals surface area contributed by atoms with Crippen molar-refractivity contribution in [1.29, 1.82) is 0 Å². The smallest absolute Gasteiger partial charge is 0.164 e. The summed E-state index contributed by atoms with van der Waals surface area (Å²) in [6.45, 7) is 0. The highest BCUT2D eigenvalue weighted by Crippen LogP contribution is 2.44. The third kappa shape index (κ3) is 6.46. The lowest BCUT2D eigenvalue weighted by molar-refractivity contribution is 1.08. The number of fused-ring (bicyclic) bond motifs is 4. The van der Waals surface area contributed by atoms with Gasteiger partial charge < -0.3 is 0 Å². The first-order chi connectivity index (χ1) is 29.2. The van der Waals surface area contributed by atoms with E-state index in [2.05, 4.69) is 206 Å². The first-order valence-corrected chi connectivity index (χ1v) is 20.7. The molecular formula is C55H35N3S. The Morgan fingerprint density at radius 2 is 0.763 bits per heavy atom. The largest absolute Gasteiger partial charge is 0.208 e. The van der Waals surface area contributed by atoms with Gasteiger partial charge in [-0.3, -0.25) is 0 Å². The molecule has 2 aromatic heterocycles. The molecule has 0 unspecified atom stereocenters. The van der Waals surface area contributed by atoms with Crippen LogP contribution in [0.3, 0.4) is 0 Å². The molecule has 0 aliphatic rings. The molecule has 9 aromatic carbocycles. The van der Waals surface area contributed by atoms with E-state index in [0.29, 0.717) is 17.5 Å². The number of hydrogen-bond donors (Lipinski definition) is 0. The van der Waals surface area contributed by atoms with Crippen LogP contribution >= 0.6 is 11.3 Å². The van der Waals surface area contributed by atoms with Crippen LogP contribution in [0.2, 0.25) is 0 Å². The standard InChI is InChI=1S/C55H35N3S/c1-4-13-36(14-5-1)39-25-29-41(30-26-39)46-20-11-22-48-51-49(23-12-24-50(51)59-52(46)48)55-57-53(42-31-27-40(28-32-42)37-15-6-2-7-16-37)56-54(58-55)47-21-10-19-44-35-43(33-34-45(44)47)38-17-8-3-9-18-38/h1-35H. The van der Waals surface area contributed by atoms with E-state index in [1.165, 1.54) is 53.7 Å². The van der Waals surface area contributed by atoms with Crippen LogP contribution in [0.15, 0.2) is 212 Å². The van der Waals surface area contributed by atoms with Crippen molar-refractivity contribution in [2.45, 2.75) is 0 Å². The van der Waals surface area contributed by atoms with Crippen LogP contribution in [-0.2, 0) is 0 Å². The Hall–Kier alpha value is -7.53. The van der Waals surface area contributed by atoms with Gasteiger partial charge in [0.2, 0.25) is 0 Å². The minimum Gasteiger partial charge on any atom is -0.208 e. The highest BCUT2D eigenvalue weighted by molar-refractivity contribution is 7.26. The van der Waals surface area contributed by atoms with Gasteiger partial charge in [-0.2, -0.15) is 0 Å². The molecule has 0 aliphatic carbocycles. The van der Waals surface area contributed by atoms with Crippen molar-refractivity contribution >= 4 is 42.3 Å². The summed E-state index contributed by atoms with van der Waals surface area (Å²) in [6, 6.07) is 75.2. The number of benzene rings is 9. The van der Waals surface area contributed by atoms with Gasteiger partial charge in [-0.25, -0.2) is 15.0 Å². The molecule has 0 N–H and O–H groups in total. The van der Waals surface area contributed by atoms with E-state index in [-0.39, 0.29) is 0 Å². The van der Waals surface area contributed by atoms with Crippen molar-refractivity contribution in [2.75, 3.05) is 0 Å². The van der Waals surface area contributed by atoms with E-state index in [0.717, 1.165) is 38.4 Å². The lowest BCUT2D eigenvalue weighted by atomic mass is 9.97. The fourth-order valence-corrected chi connectivity index (χ4v) is 9.48. The fourth-order valence-electron chi connectivity index (χ4n) is 8.21. The summed E-state index contributed by atoms with van der Waals surface area (Å²) in [6.07, 6.45) is 0. The van der Waals surface area contributed by atoms with Crippen LogP contribution in [0.25, 0.3) is 110 Å². The zero-order valence-corrected chi connectivity index (χ0v) is 32.8. The summed E-state index contributed by atoms with van der Waals surface area (Å²) in [7, 11) is 0. The van der Waals surface area contributed by atoms with Crippen molar-refractivity contribution < 1.29 is 0 Å². The van der Waals surface area contributed by atoms with E-state index in [9.17, 15) is 0 Å². The molecule has 276 valence electrons. The molecule has 0 saturated carbocycles. The lowest BCUT2D eigenvalue weighted by Gasteiger charge is -2.12. The van der Waals surface area contributed by atoms with Gasteiger partial charge in [-0.05, 0) is 67.4 Å². The Balaban J connectivity index is 1.07. The molecule has 0 radical (unpaired) electrons. The molecule has 11 aromatic rings. The predicted molar refractivity (Wildman–Crippen MR) is 248 cm³/mol. The second-order valence-electron chi connectivity index (χ2n) is 14.8. The second-order valence-corrected chi connectivity index (χ2v) is 15.8. The molecule has 11 rings (SSSR count). The molecule has 4 heteroatoms. The van der Waals surface area contributed by atoms with Gasteiger partial charge in [0.15, 0.2) is 17.5 Å². The topological polar surface area (TPSA) is 38.7 Å². The third-order valence-corrected chi connectivity index (χ3v) is 12.4. The van der Waals surface area contributed by atoms with E-state index >= 15 is 0 Å². The van der Waals surface area contributed by atoms with Gasteiger partial charge in [0.05, 0.1) is 0 Å². The van der Waals surface area contributed by atoms with Crippen LogP contribution < -0.4 is 0 Å². The summed E-state index contributed by atoms with van der Waals surface area (Å²) in [5.74, 6) is 1.93. The monoisotopic (exact) mass is 769 g/mol. The molecule has 0 saturated heterocycles. The summed E-state index contributed by atoms with van der Waals surface area (Å²) in [5, 5.41) is 4.58. The number of thiophene rings is 1. The summed E-state index contributed by atoms with van der Waals surface area (Å²) in [4.78, 5) is 15.8. The van der Waals surface area contributed by atoms with Crippen molar-refractivity contribution in [3.05, 3.63) is 212 Å². The Bertz CT molecular complexity index is 3280. The molecule has 0 amide bonds.